The van der Waals surface area contributed by atoms with E-state index >= 15 is 0 Å². The van der Waals surface area contributed by atoms with Gasteiger partial charge in [-0.2, -0.15) is 4.37 Å². The summed E-state index contributed by atoms with van der Waals surface area (Å²) in [5.41, 5.74) is 0. The van der Waals surface area contributed by atoms with Gasteiger partial charge in [0.2, 0.25) is 11.8 Å². The summed E-state index contributed by atoms with van der Waals surface area (Å²) in [7, 11) is 0. The van der Waals surface area contributed by atoms with Crippen molar-refractivity contribution in [2.24, 2.45) is 35.5 Å². The molecule has 4 aliphatic rings. The van der Waals surface area contributed by atoms with Crippen LogP contribution in [0.4, 0.5) is 5.82 Å². The number of carbonyl (C=O) groups is 2. The number of likely N-dealkylation sites (tertiary alicyclic amines) is 1. The van der Waals surface area contributed by atoms with E-state index in [0.29, 0.717) is 23.7 Å². The van der Waals surface area contributed by atoms with Crippen molar-refractivity contribution in [1.29, 1.82) is 0 Å². The first kappa shape index (κ1) is 22.5. The normalized spacial score (nSPS) is 33.6. The number of hydrogen-bond donors (Lipinski definition) is 2. The standard InChI is InChI=1S/C27H36N4O2S/c1-16(31-26(32)23-17-10-11-18(14-17)24(23)27(31)33)20-7-3-2-6-19(20)15-28-12-13-29-25-21-8-4-5-9-22(21)34-30-25/h4-5,8-9,16-20,23-24,28H,2-3,6-7,10-15H2,1H3,(H,29,30)/t16-,17+,18+,19+,20?,23-,24+/m1/s1. The largest absolute Gasteiger partial charge is 0.367 e. The molecule has 6 rings (SSSR count). The highest BCUT2D eigenvalue weighted by Crippen LogP contribution is 2.56. The summed E-state index contributed by atoms with van der Waals surface area (Å²) in [5.74, 6) is 3.14. The molecule has 1 aliphatic heterocycles. The molecular formula is C27H36N4O2S. The van der Waals surface area contributed by atoms with Gasteiger partial charge in [-0.3, -0.25) is 14.5 Å². The number of carbonyl (C=O) groups excluding carboxylic acids is 2. The third-order valence-electron chi connectivity index (χ3n) is 9.33. The number of rotatable bonds is 8. The van der Waals surface area contributed by atoms with Crippen molar-refractivity contribution >= 4 is 39.3 Å². The molecule has 1 aromatic carbocycles. The Balaban J connectivity index is 1.04. The van der Waals surface area contributed by atoms with Crippen molar-refractivity contribution in [3.63, 3.8) is 0 Å². The van der Waals surface area contributed by atoms with E-state index in [1.807, 2.05) is 6.07 Å². The van der Waals surface area contributed by atoms with Gasteiger partial charge in [0, 0.05) is 24.5 Å². The quantitative estimate of drug-likeness (QED) is 0.429. The molecule has 6 nitrogen and oxygen atoms in total. The summed E-state index contributed by atoms with van der Waals surface area (Å²) < 4.78 is 5.76. The van der Waals surface area contributed by atoms with E-state index in [-0.39, 0.29) is 29.7 Å². The molecule has 7 atom stereocenters. The molecule has 1 saturated heterocycles. The number of fused-ring (bicyclic) bond motifs is 6. The number of anilines is 1. The lowest BCUT2D eigenvalue weighted by Crippen LogP contribution is -2.48. The van der Waals surface area contributed by atoms with Crippen LogP contribution in [0.5, 0.6) is 0 Å². The zero-order valence-corrected chi connectivity index (χ0v) is 20.9. The summed E-state index contributed by atoms with van der Waals surface area (Å²) in [6.07, 6.45) is 8.15. The van der Waals surface area contributed by atoms with Crippen LogP contribution in [-0.4, -0.2) is 46.8 Å². The highest BCUT2D eigenvalue weighted by atomic mass is 32.1. The first-order valence-corrected chi connectivity index (χ1v) is 14.1. The minimum Gasteiger partial charge on any atom is -0.367 e. The average Bonchev–Trinajstić information content (AvgIpc) is 3.62. The second-order valence-corrected chi connectivity index (χ2v) is 11.8. The minimum absolute atomic E-state index is 0.00161. The van der Waals surface area contributed by atoms with Crippen LogP contribution in [0.3, 0.4) is 0 Å². The third-order valence-corrected chi connectivity index (χ3v) is 10.2. The Labute approximate surface area is 206 Å². The third kappa shape index (κ3) is 3.76. The second kappa shape index (κ2) is 9.23. The molecule has 3 aliphatic carbocycles. The molecule has 2 heterocycles. The van der Waals surface area contributed by atoms with Gasteiger partial charge >= 0.3 is 0 Å². The summed E-state index contributed by atoms with van der Waals surface area (Å²) in [5, 5.41) is 8.31. The summed E-state index contributed by atoms with van der Waals surface area (Å²) in [6.45, 7) is 4.80. The molecule has 4 fully saturated rings. The molecule has 182 valence electrons. The molecule has 2 amide bonds. The molecule has 1 aromatic heterocycles. The summed E-state index contributed by atoms with van der Waals surface area (Å²) >= 11 is 1.53. The first-order valence-electron chi connectivity index (χ1n) is 13.3. The fourth-order valence-corrected chi connectivity index (χ4v) is 8.47. The molecule has 0 spiro atoms. The van der Waals surface area contributed by atoms with Gasteiger partial charge in [-0.1, -0.05) is 25.0 Å². The number of nitrogens with zero attached hydrogens (tertiary/aromatic N) is 2. The molecule has 7 heteroatoms. The summed E-state index contributed by atoms with van der Waals surface area (Å²) in [4.78, 5) is 28.5. The number of imide groups is 1. The Morgan fingerprint density at radius 2 is 1.76 bits per heavy atom. The van der Waals surface area contributed by atoms with E-state index in [4.69, 9.17) is 0 Å². The Morgan fingerprint density at radius 3 is 2.56 bits per heavy atom. The van der Waals surface area contributed by atoms with Crippen LogP contribution in [0.1, 0.15) is 51.9 Å². The molecule has 0 radical (unpaired) electrons. The molecule has 2 N–H and O–H groups in total. The van der Waals surface area contributed by atoms with E-state index < -0.39 is 0 Å². The van der Waals surface area contributed by atoms with E-state index in [1.54, 1.807) is 4.90 Å². The van der Waals surface area contributed by atoms with Crippen molar-refractivity contribution < 1.29 is 9.59 Å². The zero-order valence-electron chi connectivity index (χ0n) is 20.0. The molecule has 2 aromatic rings. The Bertz CT molecular complexity index is 1040. The fraction of sp³-hybridized carbons (Fsp3) is 0.667. The first-order chi connectivity index (χ1) is 16.6. The average molecular weight is 481 g/mol. The second-order valence-electron chi connectivity index (χ2n) is 11.0. The maximum Gasteiger partial charge on any atom is 0.233 e. The number of nitrogens with one attached hydrogen (secondary N) is 2. The van der Waals surface area contributed by atoms with E-state index in [9.17, 15) is 9.59 Å². The zero-order chi connectivity index (χ0) is 23.2. The van der Waals surface area contributed by atoms with Gasteiger partial charge in [0.25, 0.3) is 0 Å². The Morgan fingerprint density at radius 1 is 1.03 bits per heavy atom. The van der Waals surface area contributed by atoms with Crippen LogP contribution in [0.2, 0.25) is 0 Å². The lowest BCUT2D eigenvalue weighted by Gasteiger charge is -2.39. The number of benzene rings is 1. The SMILES string of the molecule is C[C@H](C1CCCC[C@H]1CNCCNc1nsc2ccccc12)N1C(=O)[C@@H]2[C@H]3CC[C@@H](C3)[C@@H]2C1=O. The lowest BCUT2D eigenvalue weighted by molar-refractivity contribution is -0.145. The van der Waals surface area contributed by atoms with Crippen LogP contribution in [0.15, 0.2) is 24.3 Å². The Hall–Kier alpha value is -1.99. The van der Waals surface area contributed by atoms with Gasteiger partial charge in [-0.25, -0.2) is 0 Å². The van der Waals surface area contributed by atoms with Gasteiger partial charge in [-0.05, 0) is 92.9 Å². The molecular weight excluding hydrogens is 444 g/mol. The topological polar surface area (TPSA) is 74.3 Å². The number of amides is 2. The molecule has 34 heavy (non-hydrogen) atoms. The minimum atomic E-state index is 0.00161. The van der Waals surface area contributed by atoms with Gasteiger partial charge < -0.3 is 10.6 Å². The molecule has 3 saturated carbocycles. The van der Waals surface area contributed by atoms with E-state index in [1.165, 1.54) is 40.9 Å². The van der Waals surface area contributed by atoms with E-state index in [0.717, 1.165) is 51.1 Å². The van der Waals surface area contributed by atoms with Gasteiger partial charge in [0.1, 0.15) is 5.82 Å². The lowest BCUT2D eigenvalue weighted by atomic mass is 9.75. The number of aromatic nitrogens is 1. The highest BCUT2D eigenvalue weighted by molar-refractivity contribution is 7.13. The van der Waals surface area contributed by atoms with Gasteiger partial charge in [0.05, 0.1) is 16.5 Å². The van der Waals surface area contributed by atoms with Gasteiger partial charge in [0.15, 0.2) is 0 Å². The maximum absolute atomic E-state index is 13.4. The molecule has 2 bridgehead atoms. The van der Waals surface area contributed by atoms with Crippen LogP contribution >= 0.6 is 11.5 Å². The van der Waals surface area contributed by atoms with Crippen molar-refractivity contribution in [1.82, 2.24) is 14.6 Å². The maximum atomic E-state index is 13.4. The highest BCUT2D eigenvalue weighted by Gasteiger charge is 2.62. The predicted molar refractivity (Wildman–Crippen MR) is 136 cm³/mol. The van der Waals surface area contributed by atoms with Crippen LogP contribution < -0.4 is 10.6 Å². The van der Waals surface area contributed by atoms with Crippen molar-refractivity contribution in [3.8, 4) is 0 Å². The molecule has 1 unspecified atom stereocenters. The van der Waals surface area contributed by atoms with Crippen LogP contribution in [-0.2, 0) is 9.59 Å². The van der Waals surface area contributed by atoms with E-state index in [2.05, 4.69) is 40.1 Å². The van der Waals surface area contributed by atoms with Gasteiger partial charge in [-0.15, -0.1) is 0 Å². The van der Waals surface area contributed by atoms with Crippen molar-refractivity contribution in [3.05, 3.63) is 24.3 Å². The van der Waals surface area contributed by atoms with Crippen molar-refractivity contribution in [2.45, 2.75) is 57.9 Å². The monoisotopic (exact) mass is 480 g/mol. The van der Waals surface area contributed by atoms with Crippen LogP contribution in [0, 0.1) is 35.5 Å². The fourth-order valence-electron chi connectivity index (χ4n) is 7.72. The smallest absolute Gasteiger partial charge is 0.233 e. The summed E-state index contributed by atoms with van der Waals surface area (Å²) in [6, 6.07) is 8.35. The van der Waals surface area contributed by atoms with Crippen molar-refractivity contribution in [2.75, 3.05) is 25.0 Å². The predicted octanol–water partition coefficient (Wildman–Crippen LogP) is 4.52. The number of hydrogen-bond acceptors (Lipinski definition) is 6. The Kier molecular flexibility index (Phi) is 6.10. The van der Waals surface area contributed by atoms with Crippen LogP contribution in [0.25, 0.3) is 10.1 Å².